The van der Waals surface area contributed by atoms with Gasteiger partial charge in [0.2, 0.25) is 0 Å². The third kappa shape index (κ3) is 9.61. The van der Waals surface area contributed by atoms with E-state index < -0.39 is 0 Å². The Labute approximate surface area is 72.2 Å². The first-order valence-electron chi connectivity index (χ1n) is 3.78. The van der Waals surface area contributed by atoms with Crippen molar-refractivity contribution >= 4 is 14.5 Å². The minimum absolute atomic E-state index is 1.24. The molecule has 0 spiro atoms. The van der Waals surface area contributed by atoms with Crippen LogP contribution in [0, 0.1) is 0 Å². The van der Waals surface area contributed by atoms with E-state index in [9.17, 15) is 0 Å². The fraction of sp³-hybridized carbons (Fsp3) is 0.333. The minimum Gasteiger partial charge on any atom is -0.333 e. The van der Waals surface area contributed by atoms with E-state index in [0.29, 0.717) is 0 Å². The molecule has 0 aliphatic carbocycles. The Kier molecular flexibility index (Phi) is 14.8. The molecular weight excluding hydrogens is 153 g/mol. The largest absolute Gasteiger partial charge is 0.333 e. The first-order valence-corrected chi connectivity index (χ1v) is 4.35. The van der Waals surface area contributed by atoms with Crippen LogP contribution in [0.2, 0.25) is 0 Å². The van der Waals surface area contributed by atoms with Crippen molar-refractivity contribution in [3.8, 4) is 0 Å². The van der Waals surface area contributed by atoms with Crippen LogP contribution in [-0.4, -0.2) is 7.05 Å². The van der Waals surface area contributed by atoms with Gasteiger partial charge in [0.1, 0.15) is 0 Å². The highest BCUT2D eigenvalue weighted by Crippen LogP contribution is 1.86. The molecule has 1 aromatic rings. The summed E-state index contributed by atoms with van der Waals surface area (Å²) in [7, 11) is 4.13. The molecule has 1 nitrogen and oxygen atoms in total. The molecule has 0 saturated heterocycles. The second-order valence-corrected chi connectivity index (χ2v) is 2.08. The lowest BCUT2D eigenvalue weighted by Gasteiger charge is -1.82. The highest BCUT2D eigenvalue weighted by Gasteiger charge is 1.72. The summed E-state index contributed by atoms with van der Waals surface area (Å²) in [5.74, 6) is 0. The van der Waals surface area contributed by atoms with Crippen molar-refractivity contribution < 1.29 is 0 Å². The van der Waals surface area contributed by atoms with Gasteiger partial charge in [0, 0.05) is 0 Å². The maximum absolute atomic E-state index is 4.50. The molecule has 0 radical (unpaired) electrons. The molecular formula is C9H18NP. The lowest BCUT2D eigenvalue weighted by Crippen LogP contribution is -1.82. The van der Waals surface area contributed by atoms with E-state index in [1.54, 1.807) is 0 Å². The lowest BCUT2D eigenvalue weighted by atomic mass is 10.4. The van der Waals surface area contributed by atoms with Gasteiger partial charge in [-0.15, -0.1) is 9.24 Å². The van der Waals surface area contributed by atoms with Crippen molar-refractivity contribution in [1.82, 2.24) is 0 Å². The maximum atomic E-state index is 4.50. The van der Waals surface area contributed by atoms with Gasteiger partial charge in [-0.1, -0.05) is 44.2 Å². The summed E-state index contributed by atoms with van der Waals surface area (Å²) in [6, 6.07) is 10.1. The number of hydrogen-bond donors (Lipinski definition) is 1. The van der Waals surface area contributed by atoms with E-state index in [2.05, 4.69) is 15.0 Å². The zero-order valence-electron chi connectivity index (χ0n) is 7.54. The van der Waals surface area contributed by atoms with Crippen LogP contribution in [0.1, 0.15) is 13.8 Å². The Bertz CT molecular complexity index is 139. The fourth-order valence-electron chi connectivity index (χ4n) is 0.453. The molecule has 11 heavy (non-hydrogen) atoms. The van der Waals surface area contributed by atoms with Crippen LogP contribution in [0.4, 0.5) is 0 Å². The molecule has 2 heteroatoms. The summed E-state index contributed by atoms with van der Waals surface area (Å²) < 4.78 is 0. The van der Waals surface area contributed by atoms with Gasteiger partial charge in [0.25, 0.3) is 0 Å². The average molecular weight is 171 g/mol. The van der Waals surface area contributed by atoms with Gasteiger partial charge in [-0.2, -0.15) is 0 Å². The molecule has 0 fully saturated rings. The third-order valence-electron chi connectivity index (χ3n) is 0.800. The molecule has 2 N–H and O–H groups in total. The molecule has 0 saturated carbocycles. The van der Waals surface area contributed by atoms with Crippen LogP contribution >= 0.6 is 9.24 Å². The first kappa shape index (κ1) is 13.2. The summed E-state index contributed by atoms with van der Waals surface area (Å²) in [6.45, 7) is 4.00. The van der Waals surface area contributed by atoms with Crippen molar-refractivity contribution in [2.75, 3.05) is 7.05 Å². The summed E-state index contributed by atoms with van der Waals surface area (Å²) in [5.41, 5.74) is 4.50. The predicted molar refractivity (Wildman–Crippen MR) is 57.2 cm³/mol. The van der Waals surface area contributed by atoms with E-state index in [1.165, 1.54) is 12.4 Å². The fourth-order valence-corrected chi connectivity index (χ4v) is 0.675. The predicted octanol–water partition coefficient (Wildman–Crippen LogP) is 1.79. The summed E-state index contributed by atoms with van der Waals surface area (Å²) in [6.07, 6.45) is 0. The summed E-state index contributed by atoms with van der Waals surface area (Å²) in [4.78, 5) is 0. The van der Waals surface area contributed by atoms with E-state index in [0.717, 1.165) is 0 Å². The smallest absolute Gasteiger partial charge is 0.0195 e. The van der Waals surface area contributed by atoms with Gasteiger partial charge in [-0.05, 0) is 12.4 Å². The lowest BCUT2D eigenvalue weighted by molar-refractivity contribution is 1.48. The van der Waals surface area contributed by atoms with Crippen LogP contribution in [0.25, 0.3) is 0 Å². The Morgan fingerprint density at radius 1 is 1.00 bits per heavy atom. The van der Waals surface area contributed by atoms with Gasteiger partial charge in [0.15, 0.2) is 0 Å². The molecule has 0 bridgehead atoms. The number of nitrogens with two attached hydrogens (primary N) is 1. The maximum Gasteiger partial charge on any atom is -0.0195 e. The van der Waals surface area contributed by atoms with Crippen molar-refractivity contribution in [3.63, 3.8) is 0 Å². The second kappa shape index (κ2) is 12.3. The highest BCUT2D eigenvalue weighted by atomic mass is 31.0. The zero-order chi connectivity index (χ0) is 9.11. The van der Waals surface area contributed by atoms with Crippen LogP contribution in [0.5, 0.6) is 0 Å². The van der Waals surface area contributed by atoms with Crippen molar-refractivity contribution in [2.45, 2.75) is 13.8 Å². The number of rotatable bonds is 0. The molecule has 1 rings (SSSR count). The molecule has 1 aromatic carbocycles. The molecule has 0 aliphatic rings. The average Bonchev–Trinajstić information content (AvgIpc) is 2.13. The topological polar surface area (TPSA) is 26.0 Å². The van der Waals surface area contributed by atoms with E-state index >= 15 is 0 Å². The normalized spacial score (nSPS) is 6.64. The quantitative estimate of drug-likeness (QED) is 0.592. The summed E-state index contributed by atoms with van der Waals surface area (Å²) >= 11 is 0. The Morgan fingerprint density at radius 3 is 1.55 bits per heavy atom. The molecule has 0 aliphatic heterocycles. The number of benzene rings is 1. The third-order valence-corrected chi connectivity index (χ3v) is 1.18. The van der Waals surface area contributed by atoms with Crippen molar-refractivity contribution in [2.24, 2.45) is 5.73 Å². The van der Waals surface area contributed by atoms with Crippen LogP contribution in [-0.2, 0) is 0 Å². The number of hydrogen-bond acceptors (Lipinski definition) is 1. The van der Waals surface area contributed by atoms with Gasteiger partial charge in [0.05, 0.1) is 0 Å². The molecule has 0 amide bonds. The monoisotopic (exact) mass is 171 g/mol. The molecule has 1 unspecified atom stereocenters. The Morgan fingerprint density at radius 2 is 1.36 bits per heavy atom. The minimum atomic E-state index is 1.24. The van der Waals surface area contributed by atoms with Gasteiger partial charge < -0.3 is 5.73 Å². The standard InChI is InChI=1S/C6H7P.C2H6.CH5N/c7-6-4-2-1-3-5-6;2*1-2/h1-5H,7H2;1-2H3;2H2,1H3. The Hall–Kier alpha value is -0.390. The second-order valence-electron chi connectivity index (χ2n) is 1.41. The van der Waals surface area contributed by atoms with Gasteiger partial charge >= 0.3 is 0 Å². The van der Waals surface area contributed by atoms with Crippen molar-refractivity contribution in [3.05, 3.63) is 30.3 Å². The molecule has 1 atom stereocenters. The van der Waals surface area contributed by atoms with Gasteiger partial charge in [-0.25, -0.2) is 0 Å². The van der Waals surface area contributed by atoms with Crippen LogP contribution in [0.15, 0.2) is 30.3 Å². The highest BCUT2D eigenvalue weighted by molar-refractivity contribution is 7.27. The van der Waals surface area contributed by atoms with Crippen LogP contribution < -0.4 is 11.0 Å². The molecule has 64 valence electrons. The van der Waals surface area contributed by atoms with E-state index in [4.69, 9.17) is 0 Å². The van der Waals surface area contributed by atoms with E-state index in [-0.39, 0.29) is 0 Å². The zero-order valence-corrected chi connectivity index (χ0v) is 8.70. The molecule has 0 heterocycles. The van der Waals surface area contributed by atoms with Crippen molar-refractivity contribution in [1.29, 1.82) is 0 Å². The molecule has 0 aromatic heterocycles. The first-order chi connectivity index (χ1) is 5.39. The summed E-state index contributed by atoms with van der Waals surface area (Å²) in [5, 5.41) is 1.24. The SMILES string of the molecule is CC.CN.Pc1ccccc1. The Balaban J connectivity index is 0. The van der Waals surface area contributed by atoms with Gasteiger partial charge in [-0.3, -0.25) is 0 Å². The van der Waals surface area contributed by atoms with Crippen LogP contribution in [0.3, 0.4) is 0 Å². The van der Waals surface area contributed by atoms with E-state index in [1.807, 2.05) is 44.2 Å².